The van der Waals surface area contributed by atoms with E-state index in [1.165, 1.54) is 25.3 Å². The Morgan fingerprint density at radius 1 is 1.22 bits per heavy atom. The van der Waals surface area contributed by atoms with Gasteiger partial charge in [0, 0.05) is 42.1 Å². The molecule has 9 heteroatoms. The zero-order chi connectivity index (χ0) is 20.0. The lowest BCUT2D eigenvalue weighted by atomic mass is 10.1. The molecule has 142 valence electrons. The summed E-state index contributed by atoms with van der Waals surface area (Å²) < 4.78 is 5.33. The Labute approximate surface area is 160 Å². The lowest BCUT2D eigenvalue weighted by Crippen LogP contribution is -2.38. The fourth-order valence-corrected chi connectivity index (χ4v) is 2.66. The predicted octanol–water partition coefficient (Wildman–Crippen LogP) is 3.00. The van der Waals surface area contributed by atoms with Crippen molar-refractivity contribution in [3.8, 4) is 0 Å². The van der Waals surface area contributed by atoms with Gasteiger partial charge in [0.05, 0.1) is 4.92 Å². The van der Waals surface area contributed by atoms with Gasteiger partial charge in [0.1, 0.15) is 6.10 Å². The highest BCUT2D eigenvalue weighted by Crippen LogP contribution is 2.24. The highest BCUT2D eigenvalue weighted by Gasteiger charge is 2.19. The van der Waals surface area contributed by atoms with E-state index in [1.54, 1.807) is 31.2 Å². The fourth-order valence-electron chi connectivity index (χ4n) is 2.40. The first-order valence-electron chi connectivity index (χ1n) is 7.95. The molecule has 1 unspecified atom stereocenters. The molecule has 0 heterocycles. The molecule has 0 spiro atoms. The van der Waals surface area contributed by atoms with E-state index >= 15 is 0 Å². The Morgan fingerprint density at radius 3 is 2.52 bits per heavy atom. The average Bonchev–Trinajstić information content (AvgIpc) is 2.64. The van der Waals surface area contributed by atoms with Crippen molar-refractivity contribution in [3.63, 3.8) is 0 Å². The number of anilines is 1. The van der Waals surface area contributed by atoms with Crippen LogP contribution in [0.25, 0.3) is 0 Å². The van der Waals surface area contributed by atoms with Gasteiger partial charge in [-0.15, -0.1) is 0 Å². The molecule has 0 bridgehead atoms. The number of non-ortho nitro benzene ring substituents is 1. The minimum atomic E-state index is -0.888. The van der Waals surface area contributed by atoms with Gasteiger partial charge in [-0.3, -0.25) is 19.7 Å². The second-order valence-electron chi connectivity index (χ2n) is 5.67. The molecule has 27 heavy (non-hydrogen) atoms. The largest absolute Gasteiger partial charge is 0.375 e. The Kier molecular flexibility index (Phi) is 6.86. The molecule has 0 radical (unpaired) electrons. The third kappa shape index (κ3) is 5.25. The maximum atomic E-state index is 12.1. The normalized spacial score (nSPS) is 11.5. The van der Waals surface area contributed by atoms with Crippen molar-refractivity contribution in [2.45, 2.75) is 13.0 Å². The SMILES string of the molecule is COC(CNC(=O)C(=O)Nc1ccc([N+](=O)[O-])cc1C)c1ccccc1Cl. The van der Waals surface area contributed by atoms with Crippen LogP contribution in [0, 0.1) is 17.0 Å². The van der Waals surface area contributed by atoms with Gasteiger partial charge < -0.3 is 15.4 Å². The predicted molar refractivity (Wildman–Crippen MR) is 101 cm³/mol. The molecule has 2 N–H and O–H groups in total. The number of amides is 2. The summed E-state index contributed by atoms with van der Waals surface area (Å²) in [6, 6.07) is 11.0. The summed E-state index contributed by atoms with van der Waals surface area (Å²) in [7, 11) is 1.47. The Hall–Kier alpha value is -2.97. The van der Waals surface area contributed by atoms with Gasteiger partial charge in [-0.1, -0.05) is 29.8 Å². The molecule has 2 aromatic rings. The molecule has 0 fully saturated rings. The minimum absolute atomic E-state index is 0.0474. The summed E-state index contributed by atoms with van der Waals surface area (Å²) in [5, 5.41) is 16.2. The van der Waals surface area contributed by atoms with E-state index in [1.807, 2.05) is 0 Å². The number of nitro groups is 1. The molecule has 1 atom stereocenters. The van der Waals surface area contributed by atoms with Crippen molar-refractivity contribution in [2.75, 3.05) is 19.0 Å². The number of ether oxygens (including phenoxy) is 1. The molecule has 0 saturated carbocycles. The number of methoxy groups -OCH3 is 1. The number of carbonyl (C=O) groups excluding carboxylic acids is 2. The van der Waals surface area contributed by atoms with E-state index in [2.05, 4.69) is 10.6 Å². The van der Waals surface area contributed by atoms with Crippen LogP contribution in [0.3, 0.4) is 0 Å². The second-order valence-corrected chi connectivity index (χ2v) is 6.07. The Bertz CT molecular complexity index is 872. The molecule has 0 aliphatic carbocycles. The summed E-state index contributed by atoms with van der Waals surface area (Å²) >= 11 is 6.12. The highest BCUT2D eigenvalue weighted by atomic mass is 35.5. The van der Waals surface area contributed by atoms with Gasteiger partial charge in [0.2, 0.25) is 0 Å². The second kappa shape index (κ2) is 9.11. The molecule has 2 rings (SSSR count). The highest BCUT2D eigenvalue weighted by molar-refractivity contribution is 6.39. The van der Waals surface area contributed by atoms with Crippen molar-refractivity contribution in [3.05, 3.63) is 68.7 Å². The smallest absolute Gasteiger partial charge is 0.313 e. The van der Waals surface area contributed by atoms with Crippen molar-refractivity contribution < 1.29 is 19.2 Å². The molecule has 8 nitrogen and oxygen atoms in total. The third-order valence-electron chi connectivity index (χ3n) is 3.86. The first-order valence-corrected chi connectivity index (χ1v) is 8.32. The maximum Gasteiger partial charge on any atom is 0.313 e. The summed E-state index contributed by atoms with van der Waals surface area (Å²) in [4.78, 5) is 34.3. The molecular formula is C18H18ClN3O5. The van der Waals surface area contributed by atoms with E-state index in [0.717, 1.165) is 0 Å². The van der Waals surface area contributed by atoms with Gasteiger partial charge in [-0.05, 0) is 24.6 Å². The van der Waals surface area contributed by atoms with Crippen LogP contribution in [0.1, 0.15) is 17.2 Å². The van der Waals surface area contributed by atoms with Gasteiger partial charge in [0.25, 0.3) is 5.69 Å². The summed E-state index contributed by atoms with van der Waals surface area (Å²) in [5.41, 5.74) is 1.37. The molecular weight excluding hydrogens is 374 g/mol. The summed E-state index contributed by atoms with van der Waals surface area (Å²) in [5.74, 6) is -1.75. The number of hydrogen-bond donors (Lipinski definition) is 2. The molecule has 0 aliphatic heterocycles. The number of rotatable bonds is 6. The van der Waals surface area contributed by atoms with Crippen LogP contribution in [-0.2, 0) is 14.3 Å². The van der Waals surface area contributed by atoms with Crippen LogP contribution in [0.5, 0.6) is 0 Å². The van der Waals surface area contributed by atoms with Crippen LogP contribution in [0.4, 0.5) is 11.4 Å². The molecule has 0 aliphatic rings. The quantitative estimate of drug-likeness (QED) is 0.446. The molecule has 2 aromatic carbocycles. The van der Waals surface area contributed by atoms with Gasteiger partial charge in [0.15, 0.2) is 0 Å². The minimum Gasteiger partial charge on any atom is -0.375 e. The number of benzene rings is 2. The first kappa shape index (κ1) is 20.3. The lowest BCUT2D eigenvalue weighted by molar-refractivity contribution is -0.384. The number of hydrogen-bond acceptors (Lipinski definition) is 5. The monoisotopic (exact) mass is 391 g/mol. The summed E-state index contributed by atoms with van der Waals surface area (Å²) in [6.07, 6.45) is -0.517. The van der Waals surface area contributed by atoms with Gasteiger partial charge in [-0.2, -0.15) is 0 Å². The van der Waals surface area contributed by atoms with Crippen molar-refractivity contribution in [1.29, 1.82) is 0 Å². The Morgan fingerprint density at radius 2 is 1.93 bits per heavy atom. The zero-order valence-corrected chi connectivity index (χ0v) is 15.4. The third-order valence-corrected chi connectivity index (χ3v) is 4.20. The number of nitrogens with one attached hydrogen (secondary N) is 2. The van der Waals surface area contributed by atoms with E-state index < -0.39 is 22.8 Å². The number of nitrogens with zero attached hydrogens (tertiary/aromatic N) is 1. The van der Waals surface area contributed by atoms with E-state index in [0.29, 0.717) is 21.8 Å². The van der Waals surface area contributed by atoms with E-state index in [4.69, 9.17) is 16.3 Å². The molecule has 0 aromatic heterocycles. The number of halogens is 1. The van der Waals surface area contributed by atoms with Crippen LogP contribution in [0.15, 0.2) is 42.5 Å². The first-order chi connectivity index (χ1) is 12.8. The average molecular weight is 392 g/mol. The van der Waals surface area contributed by atoms with Gasteiger partial charge in [-0.25, -0.2) is 0 Å². The number of carbonyl (C=O) groups is 2. The van der Waals surface area contributed by atoms with Crippen molar-refractivity contribution in [1.82, 2.24) is 5.32 Å². The zero-order valence-electron chi connectivity index (χ0n) is 14.7. The Balaban J connectivity index is 1.98. The van der Waals surface area contributed by atoms with Crippen molar-refractivity contribution >= 4 is 34.8 Å². The fraction of sp³-hybridized carbons (Fsp3) is 0.222. The standard InChI is InChI=1S/C18H18ClN3O5/c1-11-9-12(22(25)26)7-8-15(11)21-18(24)17(23)20-10-16(27-2)13-5-3-4-6-14(13)19/h3-9,16H,10H2,1-2H3,(H,20,23)(H,21,24). The van der Waals surface area contributed by atoms with Crippen LogP contribution >= 0.6 is 11.6 Å². The summed E-state index contributed by atoms with van der Waals surface area (Å²) in [6.45, 7) is 1.64. The van der Waals surface area contributed by atoms with E-state index in [-0.39, 0.29) is 12.2 Å². The number of aryl methyl sites for hydroxylation is 1. The van der Waals surface area contributed by atoms with Crippen LogP contribution < -0.4 is 10.6 Å². The van der Waals surface area contributed by atoms with Crippen molar-refractivity contribution in [2.24, 2.45) is 0 Å². The van der Waals surface area contributed by atoms with Crippen LogP contribution in [0.2, 0.25) is 5.02 Å². The topological polar surface area (TPSA) is 111 Å². The molecule has 2 amide bonds. The van der Waals surface area contributed by atoms with E-state index in [9.17, 15) is 19.7 Å². The number of nitro benzene ring substituents is 1. The maximum absolute atomic E-state index is 12.1. The van der Waals surface area contributed by atoms with Crippen LogP contribution in [-0.4, -0.2) is 30.4 Å². The van der Waals surface area contributed by atoms with Gasteiger partial charge >= 0.3 is 11.8 Å². The molecule has 0 saturated heterocycles. The lowest BCUT2D eigenvalue weighted by Gasteiger charge is -2.17.